The number of likely N-dealkylation sites (N-methyl/N-ethyl adjacent to an activating group) is 1. The van der Waals surface area contributed by atoms with E-state index in [0.29, 0.717) is 16.8 Å². The number of alkyl halides is 4. The van der Waals surface area contributed by atoms with Gasteiger partial charge in [-0.15, -0.1) is 0 Å². The van der Waals surface area contributed by atoms with Crippen molar-refractivity contribution in [2.24, 2.45) is 0 Å². The molecule has 2 aliphatic rings. The molecule has 228 valence electrons. The Morgan fingerprint density at radius 3 is 2.44 bits per heavy atom. The van der Waals surface area contributed by atoms with Gasteiger partial charge in [0.1, 0.15) is 17.5 Å². The molecule has 5 rings (SSSR count). The van der Waals surface area contributed by atoms with Crippen LogP contribution in [0.5, 0.6) is 5.75 Å². The summed E-state index contributed by atoms with van der Waals surface area (Å²) in [5.41, 5.74) is 1.36. The third-order valence-corrected chi connectivity index (χ3v) is 8.26. The van der Waals surface area contributed by atoms with Gasteiger partial charge >= 0.3 is 6.61 Å². The molecule has 3 heterocycles. The van der Waals surface area contributed by atoms with Gasteiger partial charge in [-0.1, -0.05) is 23.7 Å². The highest BCUT2D eigenvalue weighted by atomic mass is 35.5. The monoisotopic (exact) mass is 621 g/mol. The summed E-state index contributed by atoms with van der Waals surface area (Å²) >= 11 is 5.89. The molecular formula is C29H28ClF4N5O4. The number of aromatic nitrogens is 2. The van der Waals surface area contributed by atoms with Crippen LogP contribution >= 0.6 is 11.6 Å². The molecule has 2 aromatic carbocycles. The number of nitrogens with zero attached hydrogens (tertiary/aromatic N) is 4. The van der Waals surface area contributed by atoms with E-state index < -0.39 is 42.5 Å². The summed E-state index contributed by atoms with van der Waals surface area (Å²) in [5.74, 6) is -1.36. The van der Waals surface area contributed by atoms with Crippen LogP contribution in [0.25, 0.3) is 0 Å². The van der Waals surface area contributed by atoms with Gasteiger partial charge in [0.15, 0.2) is 0 Å². The van der Waals surface area contributed by atoms with E-state index >= 15 is 0 Å². The normalized spacial score (nSPS) is 18.9. The number of halogens is 5. The predicted molar refractivity (Wildman–Crippen MR) is 147 cm³/mol. The fourth-order valence-electron chi connectivity index (χ4n) is 5.58. The first-order chi connectivity index (χ1) is 20.4. The summed E-state index contributed by atoms with van der Waals surface area (Å²) in [7, 11) is 1.47. The van der Waals surface area contributed by atoms with Crippen molar-refractivity contribution in [1.29, 1.82) is 0 Å². The maximum absolute atomic E-state index is 14.0. The van der Waals surface area contributed by atoms with Gasteiger partial charge in [0, 0.05) is 41.2 Å². The highest BCUT2D eigenvalue weighted by molar-refractivity contribution is 6.31. The number of fused-ring (bicyclic) bond motifs is 3. The van der Waals surface area contributed by atoms with Crippen LogP contribution in [0.3, 0.4) is 0 Å². The van der Waals surface area contributed by atoms with Gasteiger partial charge < -0.3 is 19.9 Å². The highest BCUT2D eigenvalue weighted by Gasteiger charge is 2.43. The molecule has 3 aromatic rings. The molecule has 0 unspecified atom stereocenters. The minimum absolute atomic E-state index is 0.0120. The molecular weight excluding hydrogens is 594 g/mol. The van der Waals surface area contributed by atoms with Crippen molar-refractivity contribution < 1.29 is 36.7 Å². The Hall–Kier alpha value is -4.13. The number of hydrogen-bond donors (Lipinski definition) is 1. The quantitative estimate of drug-likeness (QED) is 0.368. The molecule has 0 radical (unpaired) electrons. The zero-order chi connectivity index (χ0) is 31.2. The lowest BCUT2D eigenvalue weighted by Crippen LogP contribution is -2.49. The van der Waals surface area contributed by atoms with Crippen molar-refractivity contribution in [3.8, 4) is 5.75 Å². The molecule has 3 atom stereocenters. The molecule has 3 amide bonds. The van der Waals surface area contributed by atoms with E-state index in [1.54, 1.807) is 26.0 Å². The van der Waals surface area contributed by atoms with Gasteiger partial charge in [-0.25, -0.2) is 13.5 Å². The second-order valence-electron chi connectivity index (χ2n) is 10.5. The second kappa shape index (κ2) is 11.9. The lowest BCUT2D eigenvalue weighted by Gasteiger charge is -2.38. The van der Waals surface area contributed by atoms with Crippen molar-refractivity contribution in [2.75, 3.05) is 13.6 Å². The van der Waals surface area contributed by atoms with E-state index in [9.17, 15) is 31.9 Å². The smallest absolute Gasteiger partial charge is 0.387 e. The fraction of sp³-hybridized carbons (Fsp3) is 0.379. The van der Waals surface area contributed by atoms with Gasteiger partial charge in [-0.2, -0.15) is 13.9 Å². The Labute approximate surface area is 249 Å². The summed E-state index contributed by atoms with van der Waals surface area (Å²) in [6.45, 7) is 0.510. The summed E-state index contributed by atoms with van der Waals surface area (Å²) in [6.07, 6.45) is -2.60. The third-order valence-electron chi connectivity index (χ3n) is 7.91. The Kier molecular flexibility index (Phi) is 8.37. The third kappa shape index (κ3) is 5.65. The molecule has 0 saturated heterocycles. The van der Waals surface area contributed by atoms with Crippen LogP contribution in [0.2, 0.25) is 5.02 Å². The van der Waals surface area contributed by atoms with Crippen LogP contribution in [0, 0.1) is 0 Å². The highest BCUT2D eigenvalue weighted by Crippen LogP contribution is 2.36. The van der Waals surface area contributed by atoms with Gasteiger partial charge in [0.05, 0.1) is 24.8 Å². The summed E-state index contributed by atoms with van der Waals surface area (Å²) in [6, 6.07) is 7.73. The first-order valence-corrected chi connectivity index (χ1v) is 13.8. The van der Waals surface area contributed by atoms with Gasteiger partial charge in [0.25, 0.3) is 18.2 Å². The van der Waals surface area contributed by atoms with Crippen LogP contribution < -0.4 is 10.1 Å². The largest absolute Gasteiger partial charge is 0.435 e. The zero-order valence-corrected chi connectivity index (χ0v) is 24.1. The van der Waals surface area contributed by atoms with Crippen LogP contribution in [0.15, 0.2) is 42.5 Å². The lowest BCUT2D eigenvalue weighted by molar-refractivity contribution is -0.125. The SMILES string of the molecule is CNC(=O)[C@@H]1CN([C@@H](C)c2ccc(OC(F)F)cc2)C(=O)c2c3c(nn21)C[C@@H](C)N(C(=O)c1ccc(Cl)c(C(F)F)c1)C3. The molecule has 2 aliphatic heterocycles. The molecule has 14 heteroatoms. The average Bonchev–Trinajstić information content (AvgIpc) is 3.34. The summed E-state index contributed by atoms with van der Waals surface area (Å²) in [4.78, 5) is 43.6. The zero-order valence-electron chi connectivity index (χ0n) is 23.4. The minimum Gasteiger partial charge on any atom is -0.435 e. The van der Waals surface area contributed by atoms with Crippen molar-refractivity contribution in [2.45, 2.75) is 58.0 Å². The van der Waals surface area contributed by atoms with E-state index in [0.717, 1.165) is 6.07 Å². The van der Waals surface area contributed by atoms with Crippen LogP contribution in [0.4, 0.5) is 17.6 Å². The number of carbonyl (C=O) groups is 3. The summed E-state index contributed by atoms with van der Waals surface area (Å²) < 4.78 is 58.0. The molecule has 0 bridgehead atoms. The first kappa shape index (κ1) is 30.3. The standard InChI is InChI=1S/C29H28ClF4N5O4/c1-14-10-22-20(12-37(14)27(41)17-6-9-21(30)19(11-17)25(31)32)24-28(42)38(13-23(26(40)35-3)39(24)36-22)15(2)16-4-7-18(8-5-16)43-29(33)34/h4-9,11,14-15,23,25,29H,10,12-13H2,1-3H3,(H,35,40)/t14-,15+,23+/m1/s1. The minimum atomic E-state index is -2.98. The van der Waals surface area contributed by atoms with Gasteiger partial charge in [0.2, 0.25) is 5.91 Å². The van der Waals surface area contributed by atoms with Gasteiger partial charge in [-0.3, -0.25) is 14.4 Å². The fourth-order valence-corrected chi connectivity index (χ4v) is 5.78. The maximum atomic E-state index is 14.0. The maximum Gasteiger partial charge on any atom is 0.387 e. The first-order valence-electron chi connectivity index (χ1n) is 13.5. The van der Waals surface area contributed by atoms with E-state index in [4.69, 9.17) is 11.6 Å². The average molecular weight is 622 g/mol. The number of rotatable bonds is 7. The molecule has 9 nitrogen and oxygen atoms in total. The molecule has 43 heavy (non-hydrogen) atoms. The van der Waals surface area contributed by atoms with Gasteiger partial charge in [-0.05, 0) is 49.7 Å². The van der Waals surface area contributed by atoms with Crippen LogP contribution in [0.1, 0.15) is 75.6 Å². The van der Waals surface area contributed by atoms with E-state index in [1.165, 1.54) is 45.8 Å². The number of amides is 3. The molecule has 1 aromatic heterocycles. The Morgan fingerprint density at radius 1 is 1.12 bits per heavy atom. The van der Waals surface area contributed by atoms with Crippen molar-refractivity contribution in [3.05, 3.63) is 81.1 Å². The van der Waals surface area contributed by atoms with Crippen molar-refractivity contribution >= 4 is 29.3 Å². The molecule has 0 fully saturated rings. The topological polar surface area (TPSA) is 96.8 Å². The summed E-state index contributed by atoms with van der Waals surface area (Å²) in [5, 5.41) is 7.09. The van der Waals surface area contributed by atoms with E-state index in [1.807, 2.05) is 0 Å². The number of hydrogen-bond acceptors (Lipinski definition) is 5. The van der Waals surface area contributed by atoms with Crippen molar-refractivity contribution in [1.82, 2.24) is 24.9 Å². The number of benzene rings is 2. The Bertz CT molecular complexity index is 1560. The number of nitrogens with one attached hydrogen (secondary N) is 1. The van der Waals surface area contributed by atoms with E-state index in [2.05, 4.69) is 15.2 Å². The molecule has 0 aliphatic carbocycles. The predicted octanol–water partition coefficient (Wildman–Crippen LogP) is 5.17. The number of carbonyl (C=O) groups excluding carboxylic acids is 3. The Balaban J connectivity index is 1.50. The second-order valence-corrected chi connectivity index (χ2v) is 10.9. The molecule has 0 spiro atoms. The molecule has 0 saturated carbocycles. The van der Waals surface area contributed by atoms with Crippen LogP contribution in [-0.2, 0) is 17.8 Å². The van der Waals surface area contributed by atoms with Crippen molar-refractivity contribution in [3.63, 3.8) is 0 Å². The van der Waals surface area contributed by atoms with E-state index in [-0.39, 0.29) is 53.5 Å². The van der Waals surface area contributed by atoms with Crippen LogP contribution in [-0.4, -0.2) is 63.5 Å². The lowest BCUT2D eigenvalue weighted by atomic mass is 9.96. The Morgan fingerprint density at radius 2 is 1.81 bits per heavy atom. The number of ether oxygens (including phenoxy) is 1. The molecule has 1 N–H and O–H groups in total.